The zero-order valence-electron chi connectivity index (χ0n) is 20.2. The number of aromatic nitrogens is 1. The Morgan fingerprint density at radius 2 is 1.94 bits per heavy atom. The maximum absolute atomic E-state index is 13.1. The third-order valence-electron chi connectivity index (χ3n) is 5.69. The molecule has 3 rings (SSSR count). The quantitative estimate of drug-likeness (QED) is 0.291. The Kier molecular flexibility index (Phi) is 9.09. The van der Waals surface area contributed by atoms with Crippen LogP contribution in [0.5, 0.6) is 5.75 Å². The van der Waals surface area contributed by atoms with Gasteiger partial charge in [0.15, 0.2) is 0 Å². The van der Waals surface area contributed by atoms with Crippen molar-refractivity contribution in [3.63, 3.8) is 0 Å². The molecule has 1 aromatic heterocycles. The molecule has 1 amide bonds. The molecule has 1 N–H and O–H groups in total. The average molecular weight is 513 g/mol. The third kappa shape index (κ3) is 5.75. The molecule has 1 saturated heterocycles. The van der Waals surface area contributed by atoms with Gasteiger partial charge in [0.05, 0.1) is 12.0 Å². The van der Waals surface area contributed by atoms with Gasteiger partial charge in [-0.1, -0.05) is 36.1 Å². The molecule has 0 aliphatic carbocycles. The number of hydrogen-bond donors (Lipinski definition) is 1. The van der Waals surface area contributed by atoms with Crippen LogP contribution in [0.15, 0.2) is 34.0 Å². The van der Waals surface area contributed by atoms with Gasteiger partial charge in [-0.05, 0) is 49.6 Å². The van der Waals surface area contributed by atoms with E-state index in [1.165, 1.54) is 16.3 Å². The number of pyridine rings is 1. The molecule has 184 valence electrons. The van der Waals surface area contributed by atoms with Gasteiger partial charge >= 0.3 is 0 Å². The molecule has 1 fully saturated rings. The minimum Gasteiger partial charge on any atom is -0.497 e. The molecule has 10 heteroatoms. The van der Waals surface area contributed by atoms with E-state index in [2.05, 4.69) is 5.32 Å². The van der Waals surface area contributed by atoms with Gasteiger partial charge in [-0.3, -0.25) is 19.1 Å². The summed E-state index contributed by atoms with van der Waals surface area (Å²) < 4.78 is 12.3. The van der Waals surface area contributed by atoms with Crippen molar-refractivity contribution in [1.82, 2.24) is 9.47 Å². The first-order chi connectivity index (χ1) is 16.9. The molecule has 2 heterocycles. The van der Waals surface area contributed by atoms with Crippen molar-refractivity contribution in [2.45, 2.75) is 33.4 Å². The zero-order valence-corrected chi connectivity index (χ0v) is 21.8. The van der Waals surface area contributed by atoms with Crippen LogP contribution in [-0.2, 0) is 22.6 Å². The number of hydrogen-bond acceptors (Lipinski definition) is 8. The van der Waals surface area contributed by atoms with Crippen molar-refractivity contribution in [3.8, 4) is 11.8 Å². The van der Waals surface area contributed by atoms with Crippen molar-refractivity contribution in [1.29, 1.82) is 5.26 Å². The third-order valence-corrected chi connectivity index (χ3v) is 7.07. The Labute approximate surface area is 214 Å². The van der Waals surface area contributed by atoms with Crippen LogP contribution in [0.2, 0.25) is 0 Å². The molecule has 0 saturated carbocycles. The minimum atomic E-state index is -0.367. The fourth-order valence-electron chi connectivity index (χ4n) is 3.78. The van der Waals surface area contributed by atoms with Gasteiger partial charge in [-0.15, -0.1) is 0 Å². The summed E-state index contributed by atoms with van der Waals surface area (Å²) >= 11 is 6.65. The van der Waals surface area contributed by atoms with E-state index in [1.54, 1.807) is 32.1 Å². The van der Waals surface area contributed by atoms with Gasteiger partial charge < -0.3 is 14.8 Å². The molecular formula is C25H28N4O4S2. The van der Waals surface area contributed by atoms with E-state index in [0.29, 0.717) is 58.8 Å². The number of thiocarbonyl (C=S) groups is 1. The van der Waals surface area contributed by atoms with Crippen molar-refractivity contribution in [2.75, 3.05) is 32.7 Å². The molecule has 1 aliphatic heterocycles. The first-order valence-corrected chi connectivity index (χ1v) is 12.4. The van der Waals surface area contributed by atoms with Crippen LogP contribution in [0.1, 0.15) is 35.6 Å². The van der Waals surface area contributed by atoms with Gasteiger partial charge in [0, 0.05) is 38.9 Å². The lowest BCUT2D eigenvalue weighted by Crippen LogP contribution is -2.29. The van der Waals surface area contributed by atoms with Crippen LogP contribution in [0.3, 0.4) is 0 Å². The number of rotatable bonds is 10. The summed E-state index contributed by atoms with van der Waals surface area (Å²) in [5.74, 6) is 1.11. The number of anilines is 1. The van der Waals surface area contributed by atoms with Crippen LogP contribution in [0.4, 0.5) is 5.82 Å². The SMILES string of the molecule is CCn1c(NCc2ccc(OC)cc2)c(/C=C2/SC(=S)N(CCCOC)C2=O)c(C)c(C#N)c1=O. The summed E-state index contributed by atoms with van der Waals surface area (Å²) in [6.07, 6.45) is 2.40. The second kappa shape index (κ2) is 12.0. The fraction of sp³-hybridized carbons (Fsp3) is 0.360. The monoisotopic (exact) mass is 512 g/mol. The van der Waals surface area contributed by atoms with Crippen LogP contribution in [0, 0.1) is 18.3 Å². The van der Waals surface area contributed by atoms with E-state index >= 15 is 0 Å². The molecular weight excluding hydrogens is 484 g/mol. The Morgan fingerprint density at radius 3 is 2.54 bits per heavy atom. The molecule has 0 radical (unpaired) electrons. The van der Waals surface area contributed by atoms with Crippen molar-refractivity contribution >= 4 is 46.1 Å². The first-order valence-electron chi connectivity index (χ1n) is 11.1. The molecule has 8 nitrogen and oxygen atoms in total. The minimum absolute atomic E-state index is 0.0590. The molecule has 0 atom stereocenters. The Bertz CT molecular complexity index is 1250. The molecule has 0 bridgehead atoms. The lowest BCUT2D eigenvalue weighted by Gasteiger charge is -2.19. The maximum Gasteiger partial charge on any atom is 0.270 e. The number of amides is 1. The Balaban J connectivity index is 2.03. The first kappa shape index (κ1) is 26.5. The summed E-state index contributed by atoms with van der Waals surface area (Å²) in [6, 6.07) is 9.63. The highest BCUT2D eigenvalue weighted by molar-refractivity contribution is 8.26. The van der Waals surface area contributed by atoms with E-state index in [1.807, 2.05) is 37.3 Å². The van der Waals surface area contributed by atoms with Crippen molar-refractivity contribution < 1.29 is 14.3 Å². The van der Waals surface area contributed by atoms with E-state index in [4.69, 9.17) is 21.7 Å². The highest BCUT2D eigenvalue weighted by Gasteiger charge is 2.32. The Hall–Kier alpha value is -3.13. The van der Waals surface area contributed by atoms with Crippen molar-refractivity contribution in [2.24, 2.45) is 0 Å². The van der Waals surface area contributed by atoms with E-state index < -0.39 is 0 Å². The smallest absolute Gasteiger partial charge is 0.270 e. The second-order valence-electron chi connectivity index (χ2n) is 7.80. The fourth-order valence-corrected chi connectivity index (χ4v) is 5.07. The molecule has 1 aromatic carbocycles. The topological polar surface area (TPSA) is 96.6 Å². The molecule has 0 spiro atoms. The summed E-state index contributed by atoms with van der Waals surface area (Å²) in [4.78, 5) is 28.1. The lowest BCUT2D eigenvalue weighted by atomic mass is 10.0. The number of nitrogens with zero attached hydrogens (tertiary/aromatic N) is 3. The second-order valence-corrected chi connectivity index (χ2v) is 9.48. The van der Waals surface area contributed by atoms with Gasteiger partial charge in [-0.2, -0.15) is 5.26 Å². The number of methoxy groups -OCH3 is 2. The van der Waals surface area contributed by atoms with Gasteiger partial charge in [0.1, 0.15) is 27.5 Å². The number of carbonyl (C=O) groups excluding carboxylic acids is 1. The predicted octanol–water partition coefficient (Wildman–Crippen LogP) is 3.91. The van der Waals surface area contributed by atoms with Crippen LogP contribution in [0.25, 0.3) is 6.08 Å². The zero-order chi connectivity index (χ0) is 25.5. The highest BCUT2D eigenvalue weighted by atomic mass is 32.2. The number of benzene rings is 1. The van der Waals surface area contributed by atoms with Gasteiger partial charge in [0.25, 0.3) is 11.5 Å². The number of nitriles is 1. The Morgan fingerprint density at radius 1 is 1.23 bits per heavy atom. The van der Waals surface area contributed by atoms with E-state index in [9.17, 15) is 14.9 Å². The summed E-state index contributed by atoms with van der Waals surface area (Å²) in [7, 11) is 3.22. The predicted molar refractivity (Wildman–Crippen MR) is 143 cm³/mol. The number of carbonyl (C=O) groups is 1. The van der Waals surface area contributed by atoms with Gasteiger partial charge in [-0.25, -0.2) is 0 Å². The van der Waals surface area contributed by atoms with Crippen LogP contribution < -0.4 is 15.6 Å². The van der Waals surface area contributed by atoms with Crippen LogP contribution >= 0.6 is 24.0 Å². The largest absolute Gasteiger partial charge is 0.497 e. The highest BCUT2D eigenvalue weighted by Crippen LogP contribution is 2.35. The standard InChI is InChI=1S/C25H28N4O4S2/c1-5-28-22(27-15-17-7-9-18(33-4)10-8-17)19(16(2)20(14-26)23(28)30)13-21-24(31)29(25(34)35-21)11-6-12-32-3/h7-10,13,27H,5-6,11-12,15H2,1-4H3/b21-13+. The summed E-state index contributed by atoms with van der Waals surface area (Å²) in [6.45, 7) is 5.36. The van der Waals surface area contributed by atoms with Crippen molar-refractivity contribution in [3.05, 3.63) is 61.8 Å². The summed E-state index contributed by atoms with van der Waals surface area (Å²) in [5.41, 5.74) is 1.81. The van der Waals surface area contributed by atoms with Crippen LogP contribution in [-0.4, -0.2) is 47.1 Å². The molecule has 35 heavy (non-hydrogen) atoms. The number of nitrogens with one attached hydrogen (secondary N) is 1. The average Bonchev–Trinajstić information content (AvgIpc) is 3.12. The normalized spacial score (nSPS) is 14.5. The number of ether oxygens (including phenoxy) is 2. The summed E-state index contributed by atoms with van der Waals surface area (Å²) in [5, 5.41) is 13.0. The van der Waals surface area contributed by atoms with Gasteiger partial charge in [0.2, 0.25) is 0 Å². The maximum atomic E-state index is 13.1. The molecule has 2 aromatic rings. The number of thioether (sulfide) groups is 1. The molecule has 1 aliphatic rings. The molecule has 0 unspecified atom stereocenters. The van der Waals surface area contributed by atoms with E-state index in [0.717, 1.165) is 11.3 Å². The van der Waals surface area contributed by atoms with E-state index in [-0.39, 0.29) is 17.0 Å². The lowest BCUT2D eigenvalue weighted by molar-refractivity contribution is -0.122.